The van der Waals surface area contributed by atoms with Crippen LogP contribution < -0.4 is 10.9 Å². The minimum atomic E-state index is -0.249. The van der Waals surface area contributed by atoms with Gasteiger partial charge in [0, 0.05) is 21.6 Å². The summed E-state index contributed by atoms with van der Waals surface area (Å²) in [6.45, 7) is 3.98. The molecule has 2 aromatic heterocycles. The summed E-state index contributed by atoms with van der Waals surface area (Å²) >= 11 is 7.42. The van der Waals surface area contributed by atoms with Crippen molar-refractivity contribution in [2.45, 2.75) is 19.0 Å². The van der Waals surface area contributed by atoms with Gasteiger partial charge in [0.15, 0.2) is 5.16 Å². The predicted molar refractivity (Wildman–Crippen MR) is 139 cm³/mol. The van der Waals surface area contributed by atoms with Crippen molar-refractivity contribution < 1.29 is 4.79 Å². The van der Waals surface area contributed by atoms with Gasteiger partial charge in [-0.2, -0.15) is 0 Å². The highest BCUT2D eigenvalue weighted by Gasteiger charge is 2.18. The highest BCUT2D eigenvalue weighted by Crippen LogP contribution is 2.27. The zero-order chi connectivity index (χ0) is 23.8. The monoisotopic (exact) mass is 488 g/mol. The Kier molecular flexibility index (Phi) is 5.89. The van der Waals surface area contributed by atoms with Crippen molar-refractivity contribution in [3.63, 3.8) is 0 Å². The summed E-state index contributed by atoms with van der Waals surface area (Å²) in [7, 11) is 0. The van der Waals surface area contributed by atoms with Gasteiger partial charge in [-0.25, -0.2) is 4.98 Å². The highest BCUT2D eigenvalue weighted by atomic mass is 35.5. The van der Waals surface area contributed by atoms with E-state index in [1.807, 2.05) is 56.3 Å². The molecule has 0 aliphatic carbocycles. The van der Waals surface area contributed by atoms with Crippen molar-refractivity contribution in [1.82, 2.24) is 14.5 Å². The Bertz CT molecular complexity index is 1620. The molecule has 3 aromatic carbocycles. The molecule has 2 heterocycles. The van der Waals surface area contributed by atoms with Crippen LogP contribution in [0.5, 0.6) is 0 Å². The number of halogens is 1. The second-order valence-electron chi connectivity index (χ2n) is 7.99. The first kappa shape index (κ1) is 22.3. The third-order valence-electron chi connectivity index (χ3n) is 5.77. The van der Waals surface area contributed by atoms with E-state index in [1.54, 1.807) is 24.3 Å². The Balaban J connectivity index is 1.56. The Morgan fingerprint density at radius 3 is 2.71 bits per heavy atom. The van der Waals surface area contributed by atoms with Crippen molar-refractivity contribution in [1.29, 1.82) is 0 Å². The van der Waals surface area contributed by atoms with Crippen LogP contribution in [-0.4, -0.2) is 26.2 Å². The van der Waals surface area contributed by atoms with Crippen LogP contribution in [0.3, 0.4) is 0 Å². The number of anilines is 1. The number of rotatable bonds is 5. The van der Waals surface area contributed by atoms with Gasteiger partial charge in [-0.05, 0) is 55.3 Å². The number of thioether (sulfide) groups is 1. The van der Waals surface area contributed by atoms with Gasteiger partial charge >= 0.3 is 0 Å². The van der Waals surface area contributed by atoms with Gasteiger partial charge in [-0.15, -0.1) is 0 Å². The molecule has 0 saturated heterocycles. The van der Waals surface area contributed by atoms with Gasteiger partial charge in [0.1, 0.15) is 11.0 Å². The van der Waals surface area contributed by atoms with Crippen LogP contribution in [0.1, 0.15) is 11.1 Å². The maximum atomic E-state index is 13.6. The number of aromatic nitrogens is 3. The average molecular weight is 489 g/mol. The standard InChI is InChI=1S/C26H21ClN4O2S/c1-15-7-5-12-20(16(15)2)28-22(32)14-34-26-30-23-19-10-3-4-11-21(19)29-24(23)25(33)31(26)18-9-6-8-17(27)13-18/h3-13,29H,14H2,1-2H3,(H,28,32). The van der Waals surface area contributed by atoms with Crippen molar-refractivity contribution in [3.8, 4) is 5.69 Å². The number of benzene rings is 3. The molecule has 0 saturated carbocycles. The second-order valence-corrected chi connectivity index (χ2v) is 9.37. The summed E-state index contributed by atoms with van der Waals surface area (Å²) in [6.07, 6.45) is 0. The van der Waals surface area contributed by atoms with E-state index in [2.05, 4.69) is 10.3 Å². The van der Waals surface area contributed by atoms with Crippen LogP contribution in [0, 0.1) is 13.8 Å². The first-order valence-electron chi connectivity index (χ1n) is 10.7. The van der Waals surface area contributed by atoms with Gasteiger partial charge in [0.05, 0.1) is 11.4 Å². The zero-order valence-electron chi connectivity index (χ0n) is 18.6. The topological polar surface area (TPSA) is 79.8 Å². The lowest BCUT2D eigenvalue weighted by Gasteiger charge is -2.13. The minimum absolute atomic E-state index is 0.0915. The summed E-state index contributed by atoms with van der Waals surface area (Å²) < 4.78 is 1.50. The number of nitrogens with one attached hydrogen (secondary N) is 2. The van der Waals surface area contributed by atoms with E-state index in [0.29, 0.717) is 26.9 Å². The first-order valence-corrected chi connectivity index (χ1v) is 12.1. The molecular weight excluding hydrogens is 468 g/mol. The molecule has 170 valence electrons. The first-order chi connectivity index (χ1) is 16.4. The van der Waals surface area contributed by atoms with Crippen LogP contribution in [0.15, 0.2) is 76.7 Å². The second kappa shape index (κ2) is 9.00. The molecule has 5 aromatic rings. The molecular formula is C26H21ClN4O2S. The summed E-state index contributed by atoms with van der Waals surface area (Å²) in [5.74, 6) is -0.0848. The SMILES string of the molecule is Cc1cccc(NC(=O)CSc2nc3c([nH]c4ccccc43)c(=O)n2-c2cccc(Cl)c2)c1C. The fourth-order valence-electron chi connectivity index (χ4n) is 3.88. The molecule has 2 N–H and O–H groups in total. The molecule has 34 heavy (non-hydrogen) atoms. The summed E-state index contributed by atoms with van der Waals surface area (Å²) in [5, 5.41) is 4.74. The number of para-hydroxylation sites is 1. The Morgan fingerprint density at radius 1 is 1.09 bits per heavy atom. The van der Waals surface area contributed by atoms with Gasteiger partial charge in [-0.1, -0.05) is 59.8 Å². The van der Waals surface area contributed by atoms with E-state index in [9.17, 15) is 9.59 Å². The molecule has 8 heteroatoms. The molecule has 0 aliphatic rings. The van der Waals surface area contributed by atoms with Crippen molar-refractivity contribution in [2.24, 2.45) is 0 Å². The van der Waals surface area contributed by atoms with Gasteiger partial charge in [-0.3, -0.25) is 14.2 Å². The van der Waals surface area contributed by atoms with Crippen molar-refractivity contribution >= 4 is 56.9 Å². The van der Waals surface area contributed by atoms with E-state index in [4.69, 9.17) is 16.6 Å². The molecule has 0 atom stereocenters. The molecule has 0 unspecified atom stereocenters. The third-order valence-corrected chi connectivity index (χ3v) is 6.95. The number of carbonyl (C=O) groups excluding carboxylic acids is 1. The van der Waals surface area contributed by atoms with Gasteiger partial charge < -0.3 is 10.3 Å². The van der Waals surface area contributed by atoms with E-state index in [-0.39, 0.29) is 17.2 Å². The Hall–Kier alpha value is -3.55. The predicted octanol–water partition coefficient (Wildman–Crippen LogP) is 5.87. The fraction of sp³-hybridized carbons (Fsp3) is 0.115. The number of carbonyl (C=O) groups is 1. The number of aryl methyl sites for hydroxylation is 1. The lowest BCUT2D eigenvalue weighted by molar-refractivity contribution is -0.113. The molecule has 0 spiro atoms. The number of nitrogens with zero attached hydrogens (tertiary/aromatic N) is 2. The zero-order valence-corrected chi connectivity index (χ0v) is 20.1. The number of amides is 1. The minimum Gasteiger partial charge on any atom is -0.349 e. The lowest BCUT2D eigenvalue weighted by atomic mass is 10.1. The van der Waals surface area contributed by atoms with Crippen LogP contribution >= 0.6 is 23.4 Å². The molecule has 5 rings (SSSR count). The third kappa shape index (κ3) is 4.08. The van der Waals surface area contributed by atoms with Crippen molar-refractivity contribution in [2.75, 3.05) is 11.1 Å². The Labute approximate surface area is 205 Å². The van der Waals surface area contributed by atoms with Gasteiger partial charge in [0.2, 0.25) is 5.91 Å². The molecule has 1 amide bonds. The summed E-state index contributed by atoms with van der Waals surface area (Å²) in [5.41, 5.74) is 5.06. The van der Waals surface area contributed by atoms with Crippen LogP contribution in [0.2, 0.25) is 5.02 Å². The molecule has 0 fully saturated rings. The van der Waals surface area contributed by atoms with E-state index < -0.39 is 0 Å². The highest BCUT2D eigenvalue weighted by molar-refractivity contribution is 7.99. The average Bonchev–Trinajstić information content (AvgIpc) is 3.20. The smallest absolute Gasteiger partial charge is 0.283 e. The molecule has 0 bridgehead atoms. The number of hydrogen-bond acceptors (Lipinski definition) is 4. The number of hydrogen-bond donors (Lipinski definition) is 2. The Morgan fingerprint density at radius 2 is 1.88 bits per heavy atom. The van der Waals surface area contributed by atoms with Crippen molar-refractivity contribution in [3.05, 3.63) is 93.2 Å². The van der Waals surface area contributed by atoms with Crippen LogP contribution in [0.25, 0.3) is 27.6 Å². The summed E-state index contributed by atoms with van der Waals surface area (Å²) in [4.78, 5) is 34.4. The normalized spacial score (nSPS) is 11.3. The van der Waals surface area contributed by atoms with E-state index in [1.165, 1.54) is 16.3 Å². The lowest BCUT2D eigenvalue weighted by Crippen LogP contribution is -2.23. The number of H-pyrrole nitrogens is 1. The number of aromatic amines is 1. The molecule has 0 aliphatic heterocycles. The number of fused-ring (bicyclic) bond motifs is 3. The largest absolute Gasteiger partial charge is 0.349 e. The quantitative estimate of drug-likeness (QED) is 0.239. The van der Waals surface area contributed by atoms with Crippen LogP contribution in [-0.2, 0) is 4.79 Å². The van der Waals surface area contributed by atoms with Crippen LogP contribution in [0.4, 0.5) is 5.69 Å². The molecule has 6 nitrogen and oxygen atoms in total. The maximum Gasteiger partial charge on any atom is 0.283 e. The fourth-order valence-corrected chi connectivity index (χ4v) is 4.88. The van der Waals surface area contributed by atoms with E-state index in [0.717, 1.165) is 27.7 Å². The van der Waals surface area contributed by atoms with E-state index >= 15 is 0 Å². The van der Waals surface area contributed by atoms with Gasteiger partial charge in [0.25, 0.3) is 5.56 Å². The molecule has 0 radical (unpaired) electrons. The maximum absolute atomic E-state index is 13.6. The summed E-state index contributed by atoms with van der Waals surface area (Å²) in [6, 6.07) is 20.5.